The molecule has 1 fully saturated rings. The first-order valence-corrected chi connectivity index (χ1v) is 6.36. The van der Waals surface area contributed by atoms with E-state index in [4.69, 9.17) is 4.74 Å². The van der Waals surface area contributed by atoms with Gasteiger partial charge in [0, 0.05) is 19.6 Å². The highest BCUT2D eigenvalue weighted by Crippen LogP contribution is 2.18. The van der Waals surface area contributed by atoms with E-state index in [1.54, 1.807) is 7.11 Å². The van der Waals surface area contributed by atoms with Gasteiger partial charge in [-0.2, -0.15) is 0 Å². The summed E-state index contributed by atoms with van der Waals surface area (Å²) in [6.07, 6.45) is 1.25. The third kappa shape index (κ3) is 3.45. The van der Waals surface area contributed by atoms with Crippen molar-refractivity contribution in [3.05, 3.63) is 29.3 Å². The van der Waals surface area contributed by atoms with Gasteiger partial charge in [0.05, 0.1) is 7.11 Å². The smallest absolute Gasteiger partial charge is 0.119 e. The maximum atomic E-state index is 5.24. The first-order chi connectivity index (χ1) is 8.29. The third-order valence-corrected chi connectivity index (χ3v) is 3.38. The molecule has 1 aromatic carbocycles. The van der Waals surface area contributed by atoms with Crippen molar-refractivity contribution in [1.29, 1.82) is 0 Å². The van der Waals surface area contributed by atoms with E-state index < -0.39 is 0 Å². The second-order valence-corrected chi connectivity index (χ2v) is 4.67. The summed E-state index contributed by atoms with van der Waals surface area (Å²) in [5.41, 5.74) is 2.73. The Morgan fingerprint density at radius 1 is 1.29 bits per heavy atom. The highest BCUT2D eigenvalue weighted by Gasteiger charge is 2.10. The Bertz CT molecular complexity index is 357. The summed E-state index contributed by atoms with van der Waals surface area (Å²) in [7, 11) is 1.72. The van der Waals surface area contributed by atoms with Gasteiger partial charge in [0.1, 0.15) is 5.75 Å². The van der Waals surface area contributed by atoms with E-state index in [-0.39, 0.29) is 0 Å². The van der Waals surface area contributed by atoms with Crippen LogP contribution in [-0.4, -0.2) is 38.2 Å². The third-order valence-electron chi connectivity index (χ3n) is 3.38. The molecule has 1 heterocycles. The molecular weight excluding hydrogens is 212 g/mol. The van der Waals surface area contributed by atoms with Gasteiger partial charge >= 0.3 is 0 Å². The van der Waals surface area contributed by atoms with Crippen LogP contribution in [0.2, 0.25) is 0 Å². The molecule has 1 N–H and O–H groups in total. The van der Waals surface area contributed by atoms with E-state index in [2.05, 4.69) is 35.3 Å². The quantitative estimate of drug-likeness (QED) is 0.863. The summed E-state index contributed by atoms with van der Waals surface area (Å²) < 4.78 is 5.24. The summed E-state index contributed by atoms with van der Waals surface area (Å²) in [6, 6.07) is 6.36. The van der Waals surface area contributed by atoms with E-state index >= 15 is 0 Å². The number of rotatable bonds is 3. The number of ether oxygens (including phenoxy) is 1. The zero-order valence-electron chi connectivity index (χ0n) is 10.8. The van der Waals surface area contributed by atoms with Crippen LogP contribution in [-0.2, 0) is 6.54 Å². The topological polar surface area (TPSA) is 24.5 Å². The molecule has 94 valence electrons. The molecule has 0 bridgehead atoms. The van der Waals surface area contributed by atoms with Crippen LogP contribution in [0.15, 0.2) is 18.2 Å². The lowest BCUT2D eigenvalue weighted by molar-refractivity contribution is 0.283. The normalized spacial score (nSPS) is 17.8. The number of benzene rings is 1. The Morgan fingerprint density at radius 2 is 2.18 bits per heavy atom. The average Bonchev–Trinajstić information content (AvgIpc) is 2.60. The van der Waals surface area contributed by atoms with Crippen LogP contribution < -0.4 is 10.1 Å². The second kappa shape index (κ2) is 6.03. The number of methoxy groups -OCH3 is 1. The molecule has 3 heteroatoms. The molecule has 0 aromatic heterocycles. The van der Waals surface area contributed by atoms with Crippen LogP contribution in [0.1, 0.15) is 17.5 Å². The Balaban J connectivity index is 2.01. The molecule has 0 atom stereocenters. The van der Waals surface area contributed by atoms with E-state index in [1.165, 1.54) is 24.1 Å². The van der Waals surface area contributed by atoms with Crippen molar-refractivity contribution in [2.24, 2.45) is 0 Å². The Hall–Kier alpha value is -1.06. The van der Waals surface area contributed by atoms with Crippen molar-refractivity contribution >= 4 is 0 Å². The molecule has 0 aliphatic carbocycles. The van der Waals surface area contributed by atoms with Gasteiger partial charge in [-0.05, 0) is 49.7 Å². The molecule has 0 unspecified atom stereocenters. The van der Waals surface area contributed by atoms with Crippen molar-refractivity contribution < 1.29 is 4.74 Å². The average molecular weight is 234 g/mol. The number of nitrogens with one attached hydrogen (secondary N) is 1. The number of hydrogen-bond donors (Lipinski definition) is 1. The van der Waals surface area contributed by atoms with Crippen molar-refractivity contribution in [1.82, 2.24) is 10.2 Å². The fourth-order valence-corrected chi connectivity index (χ4v) is 2.27. The first-order valence-electron chi connectivity index (χ1n) is 6.36. The van der Waals surface area contributed by atoms with Gasteiger partial charge in [-0.1, -0.05) is 6.07 Å². The summed E-state index contributed by atoms with van der Waals surface area (Å²) >= 11 is 0. The van der Waals surface area contributed by atoms with Crippen molar-refractivity contribution in [2.75, 3.05) is 33.3 Å². The second-order valence-electron chi connectivity index (χ2n) is 4.67. The molecule has 2 rings (SSSR count). The molecule has 0 radical (unpaired) electrons. The Labute approximate surface area is 104 Å². The molecule has 1 aromatic rings. The highest BCUT2D eigenvalue weighted by atomic mass is 16.5. The summed E-state index contributed by atoms with van der Waals surface area (Å²) in [4.78, 5) is 2.52. The minimum Gasteiger partial charge on any atom is -0.497 e. The van der Waals surface area contributed by atoms with Crippen molar-refractivity contribution in [3.63, 3.8) is 0 Å². The fourth-order valence-electron chi connectivity index (χ4n) is 2.27. The van der Waals surface area contributed by atoms with Gasteiger partial charge in [-0.15, -0.1) is 0 Å². The van der Waals surface area contributed by atoms with Gasteiger partial charge < -0.3 is 10.1 Å². The molecule has 1 saturated heterocycles. The van der Waals surface area contributed by atoms with E-state index in [0.717, 1.165) is 31.9 Å². The lowest BCUT2D eigenvalue weighted by Crippen LogP contribution is -2.27. The zero-order valence-corrected chi connectivity index (χ0v) is 10.8. The van der Waals surface area contributed by atoms with E-state index in [1.807, 2.05) is 0 Å². The first kappa shape index (κ1) is 12.4. The largest absolute Gasteiger partial charge is 0.497 e. The summed E-state index contributed by atoms with van der Waals surface area (Å²) in [5.74, 6) is 0.948. The van der Waals surface area contributed by atoms with Crippen molar-refractivity contribution in [3.8, 4) is 5.75 Å². The minimum atomic E-state index is 0.948. The van der Waals surface area contributed by atoms with Gasteiger partial charge in [-0.25, -0.2) is 0 Å². The summed E-state index contributed by atoms with van der Waals surface area (Å²) in [6.45, 7) is 7.81. The Morgan fingerprint density at radius 3 is 2.94 bits per heavy atom. The molecule has 17 heavy (non-hydrogen) atoms. The van der Waals surface area contributed by atoms with Crippen molar-refractivity contribution in [2.45, 2.75) is 19.9 Å². The number of hydrogen-bond acceptors (Lipinski definition) is 3. The monoisotopic (exact) mass is 234 g/mol. The molecule has 0 spiro atoms. The molecule has 1 aliphatic heterocycles. The molecular formula is C14H22N2O. The maximum Gasteiger partial charge on any atom is 0.119 e. The number of nitrogens with zero attached hydrogens (tertiary/aromatic N) is 1. The molecule has 0 saturated carbocycles. The van der Waals surface area contributed by atoms with Crippen LogP contribution in [0.3, 0.4) is 0 Å². The predicted octanol–water partition coefficient (Wildman–Crippen LogP) is 1.80. The van der Waals surface area contributed by atoms with E-state index in [9.17, 15) is 0 Å². The van der Waals surface area contributed by atoms with E-state index in [0.29, 0.717) is 0 Å². The molecule has 3 nitrogen and oxygen atoms in total. The SMILES string of the molecule is COc1ccc(CN2CCCNCC2)c(C)c1. The zero-order chi connectivity index (χ0) is 12.1. The van der Waals surface area contributed by atoms with Crippen LogP contribution in [0, 0.1) is 6.92 Å². The minimum absolute atomic E-state index is 0.948. The summed E-state index contributed by atoms with van der Waals surface area (Å²) in [5, 5.41) is 3.43. The Kier molecular flexibility index (Phi) is 4.40. The predicted molar refractivity (Wildman–Crippen MR) is 70.5 cm³/mol. The van der Waals surface area contributed by atoms with Crippen LogP contribution in [0.25, 0.3) is 0 Å². The highest BCUT2D eigenvalue weighted by molar-refractivity contribution is 5.34. The van der Waals surface area contributed by atoms with Gasteiger partial charge in [0.25, 0.3) is 0 Å². The standard InChI is InChI=1S/C14H22N2O/c1-12-10-14(17-2)5-4-13(12)11-16-8-3-6-15-7-9-16/h4-5,10,15H,3,6-9,11H2,1-2H3. The lowest BCUT2D eigenvalue weighted by atomic mass is 10.1. The molecule has 0 amide bonds. The lowest BCUT2D eigenvalue weighted by Gasteiger charge is -2.20. The molecule has 1 aliphatic rings. The van der Waals surface area contributed by atoms with Crippen LogP contribution in [0.5, 0.6) is 5.75 Å². The fraction of sp³-hybridized carbons (Fsp3) is 0.571. The van der Waals surface area contributed by atoms with Gasteiger partial charge in [-0.3, -0.25) is 4.90 Å². The van der Waals surface area contributed by atoms with Crippen LogP contribution in [0.4, 0.5) is 0 Å². The van der Waals surface area contributed by atoms with Gasteiger partial charge in [0.2, 0.25) is 0 Å². The maximum absolute atomic E-state index is 5.24. The van der Waals surface area contributed by atoms with Gasteiger partial charge in [0.15, 0.2) is 0 Å². The number of aryl methyl sites for hydroxylation is 1. The van der Waals surface area contributed by atoms with Crippen LogP contribution >= 0.6 is 0 Å².